The molecule has 6 nitrogen and oxygen atoms in total. The van der Waals surface area contributed by atoms with Crippen LogP contribution in [0, 0.1) is 0 Å². The Labute approximate surface area is 107 Å². The molecule has 0 bridgehead atoms. The van der Waals surface area contributed by atoms with Crippen LogP contribution in [-0.4, -0.2) is 40.0 Å². The molecule has 6 heteroatoms. The number of hydrogen-bond donors (Lipinski definition) is 1. The second-order valence-electron chi connectivity index (χ2n) is 5.48. The molecule has 18 heavy (non-hydrogen) atoms. The average molecular weight is 252 g/mol. The van der Waals surface area contributed by atoms with E-state index in [-0.39, 0.29) is 6.10 Å². The minimum Gasteiger partial charge on any atom is -0.347 e. The quantitative estimate of drug-likeness (QED) is 0.864. The van der Waals surface area contributed by atoms with Crippen molar-refractivity contribution < 1.29 is 9.47 Å². The van der Waals surface area contributed by atoms with Gasteiger partial charge in [0.05, 0.1) is 19.3 Å². The predicted octanol–water partition coefficient (Wildman–Crippen LogP) is 0.854. The van der Waals surface area contributed by atoms with Crippen LogP contribution in [0.25, 0.3) is 0 Å². The fraction of sp³-hybridized carbons (Fsp3) is 0.833. The lowest BCUT2D eigenvalue weighted by molar-refractivity contribution is -0.139. The van der Waals surface area contributed by atoms with Gasteiger partial charge in [0.2, 0.25) is 0 Å². The highest BCUT2D eigenvalue weighted by Gasteiger charge is 2.35. The summed E-state index contributed by atoms with van der Waals surface area (Å²) in [5.74, 6) is -0.512. The number of aromatic nitrogens is 3. The van der Waals surface area contributed by atoms with Gasteiger partial charge in [-0.15, -0.1) is 5.10 Å². The molecule has 0 amide bonds. The fourth-order valence-corrected chi connectivity index (χ4v) is 2.52. The Morgan fingerprint density at radius 2 is 2.44 bits per heavy atom. The molecule has 2 unspecified atom stereocenters. The van der Waals surface area contributed by atoms with E-state index in [1.165, 1.54) is 12.8 Å². The molecule has 2 saturated heterocycles. The summed E-state index contributed by atoms with van der Waals surface area (Å²) in [6, 6.07) is 0.525. The van der Waals surface area contributed by atoms with Crippen molar-refractivity contribution >= 4 is 0 Å². The summed E-state index contributed by atoms with van der Waals surface area (Å²) < 4.78 is 13.2. The fourth-order valence-electron chi connectivity index (χ4n) is 2.52. The van der Waals surface area contributed by atoms with Crippen molar-refractivity contribution in [2.45, 2.75) is 51.2 Å². The third kappa shape index (κ3) is 2.55. The van der Waals surface area contributed by atoms with Crippen LogP contribution in [0.1, 0.15) is 38.5 Å². The summed E-state index contributed by atoms with van der Waals surface area (Å²) in [6.07, 6.45) is 4.34. The van der Waals surface area contributed by atoms with E-state index >= 15 is 0 Å². The first kappa shape index (κ1) is 12.1. The zero-order valence-electron chi connectivity index (χ0n) is 10.9. The molecule has 1 N–H and O–H groups in total. The molecule has 100 valence electrons. The number of rotatable bonds is 3. The number of ether oxygens (including phenoxy) is 2. The van der Waals surface area contributed by atoms with E-state index in [4.69, 9.17) is 9.47 Å². The standard InChI is InChI=1S/C12H20N4O2/c1-12(2)17-8-11(18-12)10-7-16(15-14-10)6-9-4-3-5-13-9/h7,9,11,13H,3-6,8H2,1-2H3. The van der Waals surface area contributed by atoms with Gasteiger partial charge in [0.25, 0.3) is 0 Å². The monoisotopic (exact) mass is 252 g/mol. The molecule has 0 aliphatic carbocycles. The van der Waals surface area contributed by atoms with Crippen LogP contribution in [0.3, 0.4) is 0 Å². The highest BCUT2D eigenvalue weighted by Crippen LogP contribution is 2.31. The van der Waals surface area contributed by atoms with Crippen molar-refractivity contribution in [3.05, 3.63) is 11.9 Å². The van der Waals surface area contributed by atoms with Crippen LogP contribution in [-0.2, 0) is 16.0 Å². The SMILES string of the molecule is CC1(C)OCC(c2cn(CC3CCCN3)nn2)O1. The third-order valence-corrected chi connectivity index (χ3v) is 3.46. The summed E-state index contributed by atoms with van der Waals surface area (Å²) in [5.41, 5.74) is 0.860. The van der Waals surface area contributed by atoms with Gasteiger partial charge >= 0.3 is 0 Å². The Hall–Kier alpha value is -0.980. The van der Waals surface area contributed by atoms with Crippen LogP contribution in [0.4, 0.5) is 0 Å². The molecule has 0 spiro atoms. The Morgan fingerprint density at radius 3 is 3.11 bits per heavy atom. The zero-order valence-corrected chi connectivity index (χ0v) is 10.9. The minimum absolute atomic E-state index is 0.0923. The van der Waals surface area contributed by atoms with E-state index in [1.807, 2.05) is 24.7 Å². The first-order valence-corrected chi connectivity index (χ1v) is 6.57. The molecule has 3 heterocycles. The first-order valence-electron chi connectivity index (χ1n) is 6.57. The molecule has 1 aromatic rings. The number of hydrogen-bond acceptors (Lipinski definition) is 5. The molecule has 2 atom stereocenters. The van der Waals surface area contributed by atoms with Crippen molar-refractivity contribution in [1.29, 1.82) is 0 Å². The lowest BCUT2D eigenvalue weighted by atomic mass is 10.2. The molecular formula is C12H20N4O2. The lowest BCUT2D eigenvalue weighted by Gasteiger charge is -2.15. The molecule has 0 aromatic carbocycles. The third-order valence-electron chi connectivity index (χ3n) is 3.46. The molecule has 3 rings (SSSR count). The van der Waals surface area contributed by atoms with Gasteiger partial charge in [-0.2, -0.15) is 0 Å². The summed E-state index contributed by atoms with van der Waals surface area (Å²) >= 11 is 0. The molecule has 2 aliphatic heterocycles. The second kappa shape index (κ2) is 4.60. The van der Waals surface area contributed by atoms with Gasteiger partial charge in [-0.3, -0.25) is 4.68 Å². The number of nitrogens with zero attached hydrogens (tertiary/aromatic N) is 3. The maximum atomic E-state index is 5.76. The van der Waals surface area contributed by atoms with Gasteiger partial charge in [0, 0.05) is 6.04 Å². The molecule has 0 radical (unpaired) electrons. The van der Waals surface area contributed by atoms with Crippen molar-refractivity contribution in [3.63, 3.8) is 0 Å². The van der Waals surface area contributed by atoms with Gasteiger partial charge in [0.1, 0.15) is 11.8 Å². The minimum atomic E-state index is -0.512. The Balaban J connectivity index is 1.62. The molecular weight excluding hydrogens is 232 g/mol. The summed E-state index contributed by atoms with van der Waals surface area (Å²) in [4.78, 5) is 0. The topological polar surface area (TPSA) is 61.2 Å². The van der Waals surface area contributed by atoms with Crippen molar-refractivity contribution in [1.82, 2.24) is 20.3 Å². The van der Waals surface area contributed by atoms with E-state index in [2.05, 4.69) is 15.6 Å². The van der Waals surface area contributed by atoms with E-state index < -0.39 is 5.79 Å². The van der Waals surface area contributed by atoms with E-state index in [9.17, 15) is 0 Å². The Morgan fingerprint density at radius 1 is 1.56 bits per heavy atom. The van der Waals surface area contributed by atoms with Crippen LogP contribution >= 0.6 is 0 Å². The second-order valence-corrected chi connectivity index (χ2v) is 5.48. The van der Waals surface area contributed by atoms with E-state index in [0.29, 0.717) is 12.6 Å². The lowest BCUT2D eigenvalue weighted by Crippen LogP contribution is -2.26. The van der Waals surface area contributed by atoms with Gasteiger partial charge in [0.15, 0.2) is 5.79 Å². The number of nitrogens with one attached hydrogen (secondary N) is 1. The largest absolute Gasteiger partial charge is 0.347 e. The van der Waals surface area contributed by atoms with E-state index in [0.717, 1.165) is 18.8 Å². The van der Waals surface area contributed by atoms with Crippen LogP contribution in [0.5, 0.6) is 0 Å². The predicted molar refractivity (Wildman–Crippen MR) is 64.9 cm³/mol. The van der Waals surface area contributed by atoms with Gasteiger partial charge < -0.3 is 14.8 Å². The summed E-state index contributed by atoms with van der Waals surface area (Å²) in [5, 5.41) is 11.8. The normalized spacial score (nSPS) is 31.0. The van der Waals surface area contributed by atoms with Crippen LogP contribution in [0.15, 0.2) is 6.20 Å². The van der Waals surface area contributed by atoms with Gasteiger partial charge in [-0.05, 0) is 33.2 Å². The molecule has 0 saturated carbocycles. The average Bonchev–Trinajstić information content (AvgIpc) is 3.00. The first-order chi connectivity index (χ1) is 8.62. The zero-order chi connectivity index (χ0) is 12.6. The van der Waals surface area contributed by atoms with Gasteiger partial charge in [-0.1, -0.05) is 5.21 Å². The van der Waals surface area contributed by atoms with Crippen LogP contribution in [0.2, 0.25) is 0 Å². The smallest absolute Gasteiger partial charge is 0.163 e. The molecule has 2 aliphatic rings. The van der Waals surface area contributed by atoms with Crippen LogP contribution < -0.4 is 5.32 Å². The highest BCUT2D eigenvalue weighted by molar-refractivity contribution is 5.00. The highest BCUT2D eigenvalue weighted by atomic mass is 16.7. The van der Waals surface area contributed by atoms with Crippen molar-refractivity contribution in [2.75, 3.05) is 13.2 Å². The Bertz CT molecular complexity index is 412. The van der Waals surface area contributed by atoms with Crippen molar-refractivity contribution in [2.24, 2.45) is 0 Å². The van der Waals surface area contributed by atoms with Gasteiger partial charge in [-0.25, -0.2) is 0 Å². The summed E-state index contributed by atoms with van der Waals surface area (Å²) in [7, 11) is 0. The molecule has 1 aromatic heterocycles. The maximum absolute atomic E-state index is 5.76. The summed E-state index contributed by atoms with van der Waals surface area (Å²) in [6.45, 7) is 6.37. The van der Waals surface area contributed by atoms with Crippen molar-refractivity contribution in [3.8, 4) is 0 Å². The maximum Gasteiger partial charge on any atom is 0.163 e. The van der Waals surface area contributed by atoms with E-state index in [1.54, 1.807) is 0 Å². The Kier molecular flexibility index (Phi) is 3.09. The molecule has 2 fully saturated rings.